The molecule has 0 aromatic carbocycles. The lowest BCUT2D eigenvalue weighted by Crippen LogP contribution is -2.45. The first-order valence-electron chi connectivity index (χ1n) is 12.6. The number of aliphatic hydroxyl groups excluding tert-OH is 2. The van der Waals surface area contributed by atoms with Crippen molar-refractivity contribution in [1.82, 2.24) is 29.7 Å². The van der Waals surface area contributed by atoms with Crippen LogP contribution in [0.3, 0.4) is 0 Å². The number of amides is 2. The maximum atomic E-state index is 12.4. The van der Waals surface area contributed by atoms with Crippen LogP contribution < -0.4 is 11.1 Å². The molecule has 2 amide bonds. The number of likely N-dealkylation sites (tertiary alicyclic amines) is 1. The van der Waals surface area contributed by atoms with Gasteiger partial charge in [0.05, 0.1) is 26.1 Å². The molecule has 4 rings (SSSR count). The fraction of sp³-hybridized carbons (Fsp3) is 0.696. The van der Waals surface area contributed by atoms with Crippen molar-refractivity contribution < 1.29 is 34.0 Å². The minimum absolute atomic E-state index is 0.141. The average molecular weight is 522 g/mol. The fourth-order valence-electron chi connectivity index (χ4n) is 4.49. The number of imidazole rings is 1. The predicted molar refractivity (Wildman–Crippen MR) is 130 cm³/mol. The molecule has 2 fully saturated rings. The van der Waals surface area contributed by atoms with Crippen molar-refractivity contribution >= 4 is 29.0 Å². The summed E-state index contributed by atoms with van der Waals surface area (Å²) < 4.78 is 18.0. The Kier molecular flexibility index (Phi) is 9.08. The lowest BCUT2D eigenvalue weighted by molar-refractivity contribution is -0.147. The summed E-state index contributed by atoms with van der Waals surface area (Å²) in [6.07, 6.45) is 1.25. The van der Waals surface area contributed by atoms with E-state index in [0.29, 0.717) is 56.3 Å². The highest BCUT2D eigenvalue weighted by atomic mass is 16.6. The van der Waals surface area contributed by atoms with Crippen molar-refractivity contribution in [3.8, 4) is 0 Å². The number of hydrogen-bond acceptors (Lipinski definition) is 11. The maximum Gasteiger partial charge on any atom is 0.410 e. The second kappa shape index (κ2) is 12.4. The van der Waals surface area contributed by atoms with Gasteiger partial charge in [-0.05, 0) is 25.7 Å². The molecule has 0 aliphatic carbocycles. The Labute approximate surface area is 214 Å². The van der Waals surface area contributed by atoms with Crippen LogP contribution in [-0.4, -0.2) is 104 Å². The molecule has 0 bridgehead atoms. The molecule has 2 unspecified atom stereocenters. The van der Waals surface area contributed by atoms with E-state index in [0.717, 1.165) is 19.3 Å². The summed E-state index contributed by atoms with van der Waals surface area (Å²) in [5.41, 5.74) is 6.99. The number of aromatic nitrogens is 4. The third-order valence-electron chi connectivity index (χ3n) is 6.58. The monoisotopic (exact) mass is 521 g/mol. The van der Waals surface area contributed by atoms with Gasteiger partial charge >= 0.3 is 6.09 Å². The van der Waals surface area contributed by atoms with Crippen LogP contribution in [0, 0.1) is 5.92 Å². The summed E-state index contributed by atoms with van der Waals surface area (Å²) in [4.78, 5) is 39.7. The zero-order valence-corrected chi connectivity index (χ0v) is 20.9. The van der Waals surface area contributed by atoms with Gasteiger partial charge in [-0.15, -0.1) is 0 Å². The van der Waals surface area contributed by atoms with Crippen LogP contribution >= 0.6 is 0 Å². The van der Waals surface area contributed by atoms with Gasteiger partial charge < -0.3 is 40.4 Å². The predicted octanol–water partition coefficient (Wildman–Crippen LogP) is -0.579. The van der Waals surface area contributed by atoms with Crippen molar-refractivity contribution in [3.05, 3.63) is 12.2 Å². The number of nitrogens with two attached hydrogens (primary N) is 1. The van der Waals surface area contributed by atoms with Gasteiger partial charge in [0.2, 0.25) is 0 Å². The van der Waals surface area contributed by atoms with E-state index in [4.69, 9.17) is 19.9 Å². The third kappa shape index (κ3) is 6.63. The van der Waals surface area contributed by atoms with Crippen molar-refractivity contribution in [2.45, 2.75) is 57.6 Å². The number of nitrogen functional groups attached to an aromatic ring is 1. The van der Waals surface area contributed by atoms with Crippen molar-refractivity contribution in [1.29, 1.82) is 0 Å². The molecule has 4 heterocycles. The van der Waals surface area contributed by atoms with Gasteiger partial charge in [-0.2, -0.15) is 0 Å². The standard InChI is InChI=1S/C23H35N7O7/c1-2-25-22(33)19(16(32)10-31)36-13-30-12-26-18-20(24)27-17(28-21(18)30)9-14-3-6-29(7-4-14)23(34)37-15-5-8-35-11-15/h12,14-16,19,31-32H,2-11,13H2,1H3,(H,25,33)(H2,24,27,28)/t15?,16?,19-/m0/s1. The highest BCUT2D eigenvalue weighted by Crippen LogP contribution is 2.24. The van der Waals surface area contributed by atoms with E-state index in [1.54, 1.807) is 16.4 Å². The zero-order chi connectivity index (χ0) is 26.4. The molecule has 2 aliphatic rings. The van der Waals surface area contributed by atoms with Crippen LogP contribution in [0.15, 0.2) is 6.33 Å². The average Bonchev–Trinajstić information content (AvgIpc) is 3.55. The number of anilines is 1. The van der Waals surface area contributed by atoms with Crippen LogP contribution in [0.5, 0.6) is 0 Å². The van der Waals surface area contributed by atoms with Gasteiger partial charge in [-0.25, -0.2) is 19.7 Å². The van der Waals surface area contributed by atoms with Crippen LogP contribution in [0.1, 0.15) is 32.0 Å². The number of hydrogen-bond donors (Lipinski definition) is 4. The highest BCUT2D eigenvalue weighted by molar-refractivity contribution is 5.82. The van der Waals surface area contributed by atoms with E-state index in [9.17, 15) is 19.8 Å². The summed E-state index contributed by atoms with van der Waals surface area (Å²) in [5, 5.41) is 21.9. The van der Waals surface area contributed by atoms with Crippen molar-refractivity contribution in [3.63, 3.8) is 0 Å². The molecule has 37 heavy (non-hydrogen) atoms. The zero-order valence-electron chi connectivity index (χ0n) is 20.9. The molecule has 0 saturated carbocycles. The number of likely N-dealkylation sites (N-methyl/N-ethyl adjacent to an activating group) is 1. The third-order valence-corrected chi connectivity index (χ3v) is 6.58. The summed E-state index contributed by atoms with van der Waals surface area (Å²) in [6.45, 7) is 3.59. The molecule has 0 radical (unpaired) electrons. The Bertz CT molecular complexity index is 1070. The largest absolute Gasteiger partial charge is 0.444 e. The van der Waals surface area contributed by atoms with Gasteiger partial charge in [0, 0.05) is 32.5 Å². The molecule has 14 nitrogen and oxygen atoms in total. The Balaban J connectivity index is 1.37. The van der Waals surface area contributed by atoms with Crippen LogP contribution in [0.2, 0.25) is 0 Å². The molecule has 2 saturated heterocycles. The Morgan fingerprint density at radius 3 is 2.76 bits per heavy atom. The number of ether oxygens (including phenoxy) is 3. The van der Waals surface area contributed by atoms with Gasteiger partial charge in [-0.3, -0.25) is 9.36 Å². The molecule has 2 aromatic heterocycles. The number of carbonyl (C=O) groups is 2. The lowest BCUT2D eigenvalue weighted by Gasteiger charge is -2.31. The summed E-state index contributed by atoms with van der Waals surface area (Å²) in [5.74, 6) is 0.515. The van der Waals surface area contributed by atoms with Crippen molar-refractivity contribution in [2.75, 3.05) is 45.2 Å². The van der Waals surface area contributed by atoms with E-state index < -0.39 is 24.7 Å². The maximum absolute atomic E-state index is 12.4. The van der Waals surface area contributed by atoms with E-state index in [1.165, 1.54) is 6.33 Å². The molecule has 2 aliphatic heterocycles. The Morgan fingerprint density at radius 2 is 2.08 bits per heavy atom. The van der Waals surface area contributed by atoms with Gasteiger partial charge in [0.1, 0.15) is 30.3 Å². The number of aliphatic hydroxyl groups is 2. The van der Waals surface area contributed by atoms with E-state index in [2.05, 4.69) is 20.3 Å². The van der Waals surface area contributed by atoms with Gasteiger partial charge in [0.15, 0.2) is 17.6 Å². The first kappa shape index (κ1) is 27.0. The minimum atomic E-state index is -1.38. The number of piperidine rings is 1. The van der Waals surface area contributed by atoms with Crippen molar-refractivity contribution in [2.24, 2.45) is 5.92 Å². The smallest absolute Gasteiger partial charge is 0.410 e. The molecule has 204 valence electrons. The minimum Gasteiger partial charge on any atom is -0.444 e. The van der Waals surface area contributed by atoms with Gasteiger partial charge in [0.25, 0.3) is 5.91 Å². The molecule has 3 atom stereocenters. The molecule has 2 aromatic rings. The SMILES string of the molecule is CCNC(=O)[C@@H](OCn1cnc2c(N)nc(CC3CCN(C(=O)OC4CCOC4)CC3)nc21)C(O)CO. The fourth-order valence-corrected chi connectivity index (χ4v) is 4.49. The molecule has 5 N–H and O–H groups in total. The Morgan fingerprint density at radius 1 is 1.30 bits per heavy atom. The first-order chi connectivity index (χ1) is 17.9. The molecular formula is C23H35N7O7. The normalized spacial score (nSPS) is 20.2. The number of carbonyl (C=O) groups excluding carboxylic acids is 2. The van der Waals surface area contributed by atoms with E-state index >= 15 is 0 Å². The molecular weight excluding hydrogens is 486 g/mol. The van der Waals surface area contributed by atoms with E-state index in [1.807, 2.05) is 0 Å². The molecule has 14 heteroatoms. The highest BCUT2D eigenvalue weighted by Gasteiger charge is 2.29. The quantitative estimate of drug-likeness (QED) is 0.313. The number of nitrogens with one attached hydrogen (secondary N) is 1. The van der Waals surface area contributed by atoms with E-state index in [-0.39, 0.29) is 30.7 Å². The van der Waals surface area contributed by atoms with Gasteiger partial charge in [-0.1, -0.05) is 0 Å². The number of rotatable bonds is 10. The Hall–Kier alpha value is -3.07. The number of fused-ring (bicyclic) bond motifs is 1. The van der Waals surface area contributed by atoms with Crippen LogP contribution in [0.4, 0.5) is 10.6 Å². The summed E-state index contributed by atoms with van der Waals surface area (Å²) >= 11 is 0. The summed E-state index contributed by atoms with van der Waals surface area (Å²) in [7, 11) is 0. The lowest BCUT2D eigenvalue weighted by atomic mass is 9.93. The first-order valence-corrected chi connectivity index (χ1v) is 12.6. The topological polar surface area (TPSA) is 187 Å². The van der Waals surface area contributed by atoms with Crippen LogP contribution in [0.25, 0.3) is 11.2 Å². The molecule has 0 spiro atoms. The summed E-state index contributed by atoms with van der Waals surface area (Å²) in [6, 6.07) is 0. The van der Waals surface area contributed by atoms with Crippen LogP contribution in [-0.2, 0) is 32.2 Å². The second-order valence-corrected chi connectivity index (χ2v) is 9.28. The second-order valence-electron chi connectivity index (χ2n) is 9.28. The number of nitrogens with zero attached hydrogens (tertiary/aromatic N) is 5.